The maximum absolute atomic E-state index is 14.4. The van der Waals surface area contributed by atoms with Crippen molar-refractivity contribution >= 4 is 61.0 Å². The van der Waals surface area contributed by atoms with Crippen LogP contribution in [0.5, 0.6) is 0 Å². The molecular weight excluding hydrogens is 1530 g/mol. The van der Waals surface area contributed by atoms with Gasteiger partial charge in [0.05, 0.1) is 126 Å². The first-order valence-corrected chi connectivity index (χ1v) is 39.4. The summed E-state index contributed by atoms with van der Waals surface area (Å²) in [5.41, 5.74) is 0. The standard InChI is InChI=1S/C68H124N9O35P/c1-42(82)73-55-61(92)58(89)48(38-79)110-66(55)106-34-31-101-23-15-52(86)70-19-9-6-12-46(64(95)72-21-26-104-28-30-105-29-27-100-22-14-51(85)69-18-8-5-11-45(37-78)41-109-113(97,98)99-4)77-65(96)47(76-54(88)17-25-103-33-36-108-68-57(75-44(3)84)63(94)60(91)50(40-81)112-68)13-7-10-20-71-53(87)16-24-102-32-35-107-67-56(74-43(2)83)62(93)59(90)49(39-80)111-67/h45-50,55-63,66-68,78-81,89-94H,5-41H2,1-4H3,(H,69,85)(H,70,86)(H,71,87)(H,72,95)(H,73,82)(H,74,83)(H,75,84)(H,76,88)(H,77,96)(H,97,98)/t45?,46-,47-,48?,49?,50?,55?,56?,57?,58?,59?,60?,61?,62?,63?,66?,67?,68?/m0/s1. The summed E-state index contributed by atoms with van der Waals surface area (Å²) in [6.07, 6.45) is -13.9. The second-order valence-electron chi connectivity index (χ2n) is 26.6. The number of phosphoric ester groups is 1. The van der Waals surface area contributed by atoms with Crippen molar-refractivity contribution in [2.24, 2.45) is 5.92 Å². The number of unbranched alkanes of at least 4 members (excludes halogenated alkanes) is 3. The minimum absolute atomic E-state index is 0.00968. The predicted octanol–water partition coefficient (Wildman–Crippen LogP) is -8.16. The Hall–Kier alpha value is -5.54. The molecular formula is C68H124N9O35P. The maximum Gasteiger partial charge on any atom is 0.471 e. The van der Waals surface area contributed by atoms with E-state index in [-0.39, 0.29) is 201 Å². The van der Waals surface area contributed by atoms with Crippen LogP contribution in [0.25, 0.3) is 0 Å². The van der Waals surface area contributed by atoms with Crippen LogP contribution >= 0.6 is 7.82 Å². The SMILES string of the molecule is COP(=O)(O)OCC(CO)CCCCNC(=O)CCOCCOCCOCCNC(=O)[C@H](CCCCNC(=O)CCOCCOC1OC(CO)C(O)C(O)C1NC(C)=O)NC(=O)[C@H](CCCCNC(=O)CCOCCOC1OC(CO)C(O)C(O)C1NC(C)=O)NC(=O)CCOCCOC1OC(CO)C(O)C(O)C1NC(C)=O. The minimum Gasteiger partial charge on any atom is -0.396 e. The number of amides is 9. The van der Waals surface area contributed by atoms with E-state index < -0.39 is 173 Å². The molecule has 9 amide bonds. The monoisotopic (exact) mass is 1660 g/mol. The Morgan fingerprint density at radius 3 is 1.06 bits per heavy atom. The minimum atomic E-state index is -4.16. The zero-order valence-corrected chi connectivity index (χ0v) is 65.6. The fourth-order valence-corrected chi connectivity index (χ4v) is 11.9. The Bertz CT molecular complexity index is 2770. The number of carbonyl (C=O) groups excluding carboxylic acids is 9. The largest absolute Gasteiger partial charge is 0.471 e. The third kappa shape index (κ3) is 42.4. The first-order valence-electron chi connectivity index (χ1n) is 37.9. The van der Waals surface area contributed by atoms with Crippen LogP contribution in [0.1, 0.15) is 104 Å². The summed E-state index contributed by atoms with van der Waals surface area (Å²) in [7, 11) is -3.12. The second kappa shape index (κ2) is 59.2. The smallest absolute Gasteiger partial charge is 0.396 e. The average molecular weight is 1660 g/mol. The molecule has 0 spiro atoms. The van der Waals surface area contributed by atoms with Crippen molar-refractivity contribution in [3.63, 3.8) is 0 Å². The lowest BCUT2D eigenvalue weighted by Gasteiger charge is -2.42. The van der Waals surface area contributed by atoms with Crippen LogP contribution < -0.4 is 47.9 Å². The molecule has 44 nitrogen and oxygen atoms in total. The molecule has 3 fully saturated rings. The number of ether oxygens (including phenoxy) is 12. The zero-order chi connectivity index (χ0) is 83.5. The summed E-state index contributed by atoms with van der Waals surface area (Å²) in [6.45, 7) is 1.72. The van der Waals surface area contributed by atoms with Crippen molar-refractivity contribution in [3.8, 4) is 0 Å². The normalized spacial score (nSPS) is 25.0. The second-order valence-corrected chi connectivity index (χ2v) is 28.2. The number of carbonyl (C=O) groups is 9. The molecule has 3 aliphatic heterocycles. The molecule has 656 valence electrons. The molecule has 20 N–H and O–H groups in total. The highest BCUT2D eigenvalue weighted by Gasteiger charge is 2.48. The Labute approximate surface area is 655 Å². The van der Waals surface area contributed by atoms with Gasteiger partial charge in [-0.3, -0.25) is 52.2 Å². The molecule has 3 heterocycles. The van der Waals surface area contributed by atoms with Gasteiger partial charge >= 0.3 is 7.82 Å². The number of rotatable bonds is 63. The van der Waals surface area contributed by atoms with Gasteiger partial charge in [0.25, 0.3) is 0 Å². The van der Waals surface area contributed by atoms with E-state index in [1.165, 1.54) is 20.8 Å². The highest BCUT2D eigenvalue weighted by atomic mass is 31.2. The fraction of sp³-hybridized carbons (Fsp3) is 0.868. The average Bonchev–Trinajstić information content (AvgIpc) is 0.820. The summed E-state index contributed by atoms with van der Waals surface area (Å²) in [6, 6.07) is -5.97. The first-order chi connectivity index (χ1) is 54.1. The summed E-state index contributed by atoms with van der Waals surface area (Å²) in [4.78, 5) is 125. The molecule has 3 rings (SSSR count). The van der Waals surface area contributed by atoms with E-state index in [0.29, 0.717) is 38.6 Å². The van der Waals surface area contributed by atoms with Gasteiger partial charge in [-0.2, -0.15) is 0 Å². The van der Waals surface area contributed by atoms with E-state index in [4.69, 9.17) is 61.4 Å². The zero-order valence-electron chi connectivity index (χ0n) is 64.7. The van der Waals surface area contributed by atoms with E-state index in [1.807, 2.05) is 0 Å². The van der Waals surface area contributed by atoms with Crippen molar-refractivity contribution in [1.29, 1.82) is 0 Å². The summed E-state index contributed by atoms with van der Waals surface area (Å²) in [5.74, 6) is -5.00. The topological polar surface area (TPSA) is 631 Å². The molecule has 113 heavy (non-hydrogen) atoms. The molecule has 0 aromatic rings. The first kappa shape index (κ1) is 102. The van der Waals surface area contributed by atoms with Crippen molar-refractivity contribution in [2.75, 3.05) is 165 Å². The van der Waals surface area contributed by atoms with Crippen LogP contribution in [0.3, 0.4) is 0 Å². The van der Waals surface area contributed by atoms with Crippen molar-refractivity contribution in [1.82, 2.24) is 47.9 Å². The Morgan fingerprint density at radius 2 is 0.717 bits per heavy atom. The molecule has 45 heteroatoms. The third-order valence-corrected chi connectivity index (χ3v) is 18.5. The van der Waals surface area contributed by atoms with Gasteiger partial charge in [-0.05, 0) is 51.4 Å². The number of aliphatic hydroxyl groups is 10. The van der Waals surface area contributed by atoms with Crippen LogP contribution in [-0.4, -0.2) is 379 Å². The van der Waals surface area contributed by atoms with Gasteiger partial charge in [-0.25, -0.2) is 4.57 Å². The van der Waals surface area contributed by atoms with Gasteiger partial charge in [0.15, 0.2) is 18.9 Å². The summed E-state index contributed by atoms with van der Waals surface area (Å²) >= 11 is 0. The number of phosphoric acid groups is 1. The van der Waals surface area contributed by atoms with Crippen LogP contribution in [0.15, 0.2) is 0 Å². The highest BCUT2D eigenvalue weighted by molar-refractivity contribution is 7.47. The Morgan fingerprint density at radius 1 is 0.389 bits per heavy atom. The van der Waals surface area contributed by atoms with E-state index in [0.717, 1.165) is 7.11 Å². The lowest BCUT2D eigenvalue weighted by Crippen LogP contribution is -2.64. The number of nitrogens with one attached hydrogen (secondary N) is 9. The fourth-order valence-electron chi connectivity index (χ4n) is 11.4. The van der Waals surface area contributed by atoms with E-state index in [1.54, 1.807) is 0 Å². The highest BCUT2D eigenvalue weighted by Crippen LogP contribution is 2.42. The molecule has 0 bridgehead atoms. The summed E-state index contributed by atoms with van der Waals surface area (Å²) < 4.78 is 87.7. The Balaban J connectivity index is 1.59. The van der Waals surface area contributed by atoms with Crippen molar-refractivity contribution in [3.05, 3.63) is 0 Å². The van der Waals surface area contributed by atoms with Gasteiger partial charge in [0.2, 0.25) is 53.2 Å². The van der Waals surface area contributed by atoms with Gasteiger partial charge in [-0.15, -0.1) is 0 Å². The lowest BCUT2D eigenvalue weighted by molar-refractivity contribution is -0.272. The molecule has 19 atom stereocenters. The number of hydrogen-bond donors (Lipinski definition) is 20. The number of hydrogen-bond acceptors (Lipinski definition) is 34. The molecule has 0 aromatic carbocycles. The molecule has 0 radical (unpaired) electrons. The van der Waals surface area contributed by atoms with Crippen LogP contribution in [0.2, 0.25) is 0 Å². The van der Waals surface area contributed by atoms with E-state index in [9.17, 15) is 104 Å². The number of aliphatic hydroxyl groups excluding tert-OH is 10. The van der Waals surface area contributed by atoms with Gasteiger partial charge < -0.3 is 161 Å². The van der Waals surface area contributed by atoms with Crippen LogP contribution in [0.4, 0.5) is 0 Å². The Kier molecular flexibility index (Phi) is 53.2. The molecule has 3 saturated heterocycles. The van der Waals surface area contributed by atoms with Crippen LogP contribution in [-0.2, 0) is 114 Å². The third-order valence-electron chi connectivity index (χ3n) is 17.6. The van der Waals surface area contributed by atoms with E-state index in [2.05, 4.69) is 52.4 Å². The lowest BCUT2D eigenvalue weighted by atomic mass is 9.97. The molecule has 0 aromatic heterocycles. The molecule has 0 saturated carbocycles. The molecule has 3 aliphatic rings. The quantitative estimate of drug-likeness (QED) is 0.0199. The van der Waals surface area contributed by atoms with Crippen molar-refractivity contribution < 1.29 is 170 Å². The van der Waals surface area contributed by atoms with E-state index >= 15 is 0 Å². The van der Waals surface area contributed by atoms with Gasteiger partial charge in [0, 0.05) is 92.3 Å². The van der Waals surface area contributed by atoms with Crippen molar-refractivity contribution in [2.45, 2.75) is 208 Å². The van der Waals surface area contributed by atoms with Gasteiger partial charge in [0.1, 0.15) is 85.1 Å². The predicted molar refractivity (Wildman–Crippen MR) is 388 cm³/mol. The van der Waals surface area contributed by atoms with Crippen LogP contribution in [0, 0.1) is 5.92 Å². The maximum atomic E-state index is 14.4. The molecule has 17 unspecified atom stereocenters. The summed E-state index contributed by atoms with van der Waals surface area (Å²) in [5, 5.41) is 125. The molecule has 0 aliphatic carbocycles. The van der Waals surface area contributed by atoms with Gasteiger partial charge in [-0.1, -0.05) is 6.42 Å².